The van der Waals surface area contributed by atoms with Crippen LogP contribution in [-0.4, -0.2) is 64.2 Å². The number of carbonyl (C=O) groups is 1. The second kappa shape index (κ2) is 11.0. The second-order valence-electron chi connectivity index (χ2n) is 5.64. The Morgan fingerprint density at radius 2 is 2.22 bits per heavy atom. The van der Waals surface area contributed by atoms with Crippen LogP contribution in [0.5, 0.6) is 0 Å². The number of methoxy groups -OCH3 is 1. The molecule has 1 heterocycles. The second-order valence-corrected chi connectivity index (χ2v) is 6.67. The molecular formula is C16H28N4O2S. The van der Waals surface area contributed by atoms with Crippen LogP contribution in [-0.2, 0) is 16.0 Å². The van der Waals surface area contributed by atoms with Crippen LogP contribution in [0, 0.1) is 5.92 Å². The number of nitrogens with one attached hydrogen (secondary N) is 2. The van der Waals surface area contributed by atoms with Gasteiger partial charge < -0.3 is 20.3 Å². The fourth-order valence-corrected chi connectivity index (χ4v) is 2.72. The summed E-state index contributed by atoms with van der Waals surface area (Å²) in [5, 5.41) is 8.58. The molecule has 0 aliphatic rings. The molecular weight excluding hydrogens is 312 g/mol. The van der Waals surface area contributed by atoms with E-state index in [1.807, 2.05) is 0 Å². The average Bonchev–Trinajstić information content (AvgIpc) is 3.01. The van der Waals surface area contributed by atoms with Gasteiger partial charge in [0, 0.05) is 39.2 Å². The third-order valence-corrected chi connectivity index (χ3v) is 4.12. The number of hydrogen-bond acceptors (Lipinski definition) is 4. The standard InChI is InChI=1S/C16H28N4O2S/c1-13(10-14-6-5-9-23-14)11-18-16(17-7-8-22-4)19-12-15(21)20(2)3/h5-6,9,13H,7-8,10-12H2,1-4H3,(H2,17,18,19). The SMILES string of the molecule is COCCNC(=NCC(=O)N(C)C)NCC(C)Cc1cccs1. The van der Waals surface area contributed by atoms with E-state index < -0.39 is 0 Å². The highest BCUT2D eigenvalue weighted by atomic mass is 32.1. The fourth-order valence-electron chi connectivity index (χ4n) is 1.85. The van der Waals surface area contributed by atoms with Crippen molar-refractivity contribution in [1.82, 2.24) is 15.5 Å². The molecule has 0 saturated heterocycles. The molecule has 1 aromatic heterocycles. The highest BCUT2D eigenvalue weighted by molar-refractivity contribution is 7.09. The van der Waals surface area contributed by atoms with E-state index in [0.717, 1.165) is 13.0 Å². The number of guanidine groups is 1. The van der Waals surface area contributed by atoms with Crippen molar-refractivity contribution in [2.24, 2.45) is 10.9 Å². The predicted octanol–water partition coefficient (Wildman–Crippen LogP) is 1.20. The van der Waals surface area contributed by atoms with Gasteiger partial charge in [-0.05, 0) is 23.8 Å². The molecule has 0 saturated carbocycles. The van der Waals surface area contributed by atoms with E-state index in [2.05, 4.69) is 40.1 Å². The fraction of sp³-hybridized carbons (Fsp3) is 0.625. The Labute approximate surface area is 142 Å². The molecule has 7 heteroatoms. The lowest BCUT2D eigenvalue weighted by molar-refractivity contribution is -0.127. The lowest BCUT2D eigenvalue weighted by Crippen LogP contribution is -2.42. The Kier molecular flexibility index (Phi) is 9.31. The average molecular weight is 340 g/mol. The third-order valence-electron chi connectivity index (χ3n) is 3.22. The Morgan fingerprint density at radius 3 is 2.83 bits per heavy atom. The lowest BCUT2D eigenvalue weighted by atomic mass is 10.1. The van der Waals surface area contributed by atoms with Crippen molar-refractivity contribution in [3.63, 3.8) is 0 Å². The van der Waals surface area contributed by atoms with Gasteiger partial charge in [-0.25, -0.2) is 4.99 Å². The van der Waals surface area contributed by atoms with E-state index in [0.29, 0.717) is 25.0 Å². The maximum absolute atomic E-state index is 11.7. The van der Waals surface area contributed by atoms with Crippen LogP contribution in [0.15, 0.2) is 22.5 Å². The molecule has 6 nitrogen and oxygen atoms in total. The number of amides is 1. The summed E-state index contributed by atoms with van der Waals surface area (Å²) in [5.41, 5.74) is 0. The predicted molar refractivity (Wildman–Crippen MR) is 96.1 cm³/mol. The molecule has 0 aliphatic heterocycles. The summed E-state index contributed by atoms with van der Waals surface area (Å²) in [6.45, 7) is 4.37. The van der Waals surface area contributed by atoms with Gasteiger partial charge in [0.15, 0.2) is 5.96 Å². The van der Waals surface area contributed by atoms with Gasteiger partial charge in [-0.2, -0.15) is 0 Å². The van der Waals surface area contributed by atoms with Crippen LogP contribution in [0.3, 0.4) is 0 Å². The summed E-state index contributed by atoms with van der Waals surface area (Å²) in [7, 11) is 5.11. The van der Waals surface area contributed by atoms with E-state index in [1.54, 1.807) is 32.5 Å². The van der Waals surface area contributed by atoms with E-state index >= 15 is 0 Å². The molecule has 2 N–H and O–H groups in total. The molecule has 130 valence electrons. The molecule has 1 aromatic rings. The highest BCUT2D eigenvalue weighted by Crippen LogP contribution is 2.13. The van der Waals surface area contributed by atoms with Crippen molar-refractivity contribution >= 4 is 23.2 Å². The minimum absolute atomic E-state index is 0.0236. The van der Waals surface area contributed by atoms with Crippen molar-refractivity contribution < 1.29 is 9.53 Å². The number of likely N-dealkylation sites (N-methyl/N-ethyl adjacent to an activating group) is 1. The zero-order valence-electron chi connectivity index (χ0n) is 14.5. The normalized spacial score (nSPS) is 12.8. The van der Waals surface area contributed by atoms with Crippen LogP contribution in [0.4, 0.5) is 0 Å². The first-order chi connectivity index (χ1) is 11.0. The van der Waals surface area contributed by atoms with Crippen molar-refractivity contribution in [2.45, 2.75) is 13.3 Å². The molecule has 0 radical (unpaired) electrons. The minimum Gasteiger partial charge on any atom is -0.383 e. The number of nitrogens with zero attached hydrogens (tertiary/aromatic N) is 2. The van der Waals surface area contributed by atoms with E-state index in [9.17, 15) is 4.79 Å². The smallest absolute Gasteiger partial charge is 0.243 e. The maximum Gasteiger partial charge on any atom is 0.243 e. The van der Waals surface area contributed by atoms with Crippen molar-refractivity contribution in [1.29, 1.82) is 0 Å². The van der Waals surface area contributed by atoms with Gasteiger partial charge >= 0.3 is 0 Å². The van der Waals surface area contributed by atoms with E-state index in [-0.39, 0.29) is 12.5 Å². The van der Waals surface area contributed by atoms with E-state index in [1.165, 1.54) is 9.78 Å². The number of rotatable bonds is 9. The Morgan fingerprint density at radius 1 is 1.43 bits per heavy atom. The van der Waals surface area contributed by atoms with Crippen molar-refractivity contribution in [3.05, 3.63) is 22.4 Å². The summed E-state index contributed by atoms with van der Waals surface area (Å²) < 4.78 is 5.03. The summed E-state index contributed by atoms with van der Waals surface area (Å²) in [4.78, 5) is 18.9. The first-order valence-electron chi connectivity index (χ1n) is 7.76. The topological polar surface area (TPSA) is 66.0 Å². The molecule has 1 rings (SSSR count). The quantitative estimate of drug-likeness (QED) is 0.403. The zero-order valence-corrected chi connectivity index (χ0v) is 15.3. The molecule has 0 bridgehead atoms. The number of thiophene rings is 1. The van der Waals surface area contributed by atoms with Gasteiger partial charge in [0.05, 0.1) is 6.61 Å². The van der Waals surface area contributed by atoms with Crippen LogP contribution in [0.25, 0.3) is 0 Å². The minimum atomic E-state index is -0.0236. The molecule has 0 aliphatic carbocycles. The van der Waals surface area contributed by atoms with E-state index in [4.69, 9.17) is 4.74 Å². The summed E-state index contributed by atoms with van der Waals surface area (Å²) in [5.74, 6) is 1.10. The highest BCUT2D eigenvalue weighted by Gasteiger charge is 2.08. The summed E-state index contributed by atoms with van der Waals surface area (Å²) in [6, 6.07) is 4.23. The Bertz CT molecular complexity index is 474. The van der Waals surface area contributed by atoms with Gasteiger partial charge in [0.1, 0.15) is 6.54 Å². The summed E-state index contributed by atoms with van der Waals surface area (Å²) in [6.07, 6.45) is 1.03. The molecule has 0 spiro atoms. The molecule has 0 aromatic carbocycles. The van der Waals surface area contributed by atoms with Crippen LogP contribution in [0.2, 0.25) is 0 Å². The van der Waals surface area contributed by atoms with Crippen LogP contribution < -0.4 is 10.6 Å². The van der Waals surface area contributed by atoms with Gasteiger partial charge in [-0.1, -0.05) is 13.0 Å². The van der Waals surface area contributed by atoms with Crippen LogP contribution >= 0.6 is 11.3 Å². The van der Waals surface area contributed by atoms with Crippen molar-refractivity contribution in [3.8, 4) is 0 Å². The van der Waals surface area contributed by atoms with Gasteiger partial charge in [0.25, 0.3) is 0 Å². The van der Waals surface area contributed by atoms with Gasteiger partial charge in [0.2, 0.25) is 5.91 Å². The summed E-state index contributed by atoms with van der Waals surface area (Å²) >= 11 is 1.78. The first kappa shape index (κ1) is 19.4. The largest absolute Gasteiger partial charge is 0.383 e. The van der Waals surface area contributed by atoms with Crippen molar-refractivity contribution in [2.75, 3.05) is 47.4 Å². The maximum atomic E-state index is 11.7. The molecule has 1 atom stereocenters. The first-order valence-corrected chi connectivity index (χ1v) is 8.64. The Balaban J connectivity index is 2.47. The monoisotopic (exact) mass is 340 g/mol. The number of hydrogen-bond donors (Lipinski definition) is 2. The van der Waals surface area contributed by atoms with Gasteiger partial charge in [-0.3, -0.25) is 4.79 Å². The molecule has 0 fully saturated rings. The zero-order chi connectivity index (χ0) is 17.1. The molecule has 23 heavy (non-hydrogen) atoms. The molecule has 1 amide bonds. The number of aliphatic imine (C=N–C) groups is 1. The molecule has 1 unspecified atom stereocenters. The number of carbonyl (C=O) groups excluding carboxylic acids is 1. The van der Waals surface area contributed by atoms with Gasteiger partial charge in [-0.15, -0.1) is 11.3 Å². The lowest BCUT2D eigenvalue weighted by Gasteiger charge is -2.16. The Hall–Kier alpha value is -1.60. The number of ether oxygens (including phenoxy) is 1. The third kappa shape index (κ3) is 8.56. The van der Waals surface area contributed by atoms with Crippen LogP contribution in [0.1, 0.15) is 11.8 Å².